The summed E-state index contributed by atoms with van der Waals surface area (Å²) in [6, 6.07) is 28.2. The number of nitrogens with one attached hydrogen (secondary N) is 1. The van der Waals surface area contributed by atoms with Crippen LogP contribution in [0.15, 0.2) is 127 Å². The predicted octanol–water partition coefficient (Wildman–Crippen LogP) is 4.63. The van der Waals surface area contributed by atoms with E-state index in [9.17, 15) is 27.9 Å². The molecule has 13 heteroatoms. The number of fused-ring (bicyclic) bond motifs is 2. The lowest BCUT2D eigenvalue weighted by molar-refractivity contribution is -0.189. The predicted molar refractivity (Wildman–Crippen MR) is 200 cm³/mol. The van der Waals surface area contributed by atoms with Crippen molar-refractivity contribution in [1.82, 2.24) is 29.1 Å². The van der Waals surface area contributed by atoms with Crippen molar-refractivity contribution in [2.45, 2.75) is 43.5 Å². The summed E-state index contributed by atoms with van der Waals surface area (Å²) in [7, 11) is -4.00. The zero-order valence-corrected chi connectivity index (χ0v) is 30.0. The first kappa shape index (κ1) is 35.5. The summed E-state index contributed by atoms with van der Waals surface area (Å²) in [6.45, 7) is 6.00. The SMILES string of the molecule is C=CCN1CC(=O)N2[C@@H](Cc3ccc(O)cc3)C(=O)N(Cc3cccc4ccn(S(=O)(=O)c5ccc(C)cc5)c34)C[C@@H]2N1C(=O)NCc1ccccc1. The van der Waals surface area contributed by atoms with Crippen LogP contribution in [0.4, 0.5) is 4.79 Å². The van der Waals surface area contributed by atoms with Crippen LogP contribution in [-0.2, 0) is 39.1 Å². The second-order valence-electron chi connectivity index (χ2n) is 13.3. The first-order valence-corrected chi connectivity index (χ1v) is 18.7. The maximum Gasteiger partial charge on any atom is 0.334 e. The number of amides is 4. The molecule has 0 bridgehead atoms. The number of aromatic nitrogens is 1. The Labute approximate surface area is 308 Å². The van der Waals surface area contributed by atoms with Gasteiger partial charge in [-0.3, -0.25) is 9.59 Å². The number of para-hydroxylation sites is 1. The number of urea groups is 1. The summed E-state index contributed by atoms with van der Waals surface area (Å²) < 4.78 is 29.2. The zero-order valence-electron chi connectivity index (χ0n) is 29.2. The van der Waals surface area contributed by atoms with Crippen molar-refractivity contribution in [2.24, 2.45) is 0 Å². The van der Waals surface area contributed by atoms with Crippen molar-refractivity contribution in [1.29, 1.82) is 0 Å². The number of nitrogens with zero attached hydrogens (tertiary/aromatic N) is 5. The molecule has 5 aromatic rings. The second-order valence-corrected chi connectivity index (χ2v) is 15.1. The van der Waals surface area contributed by atoms with Crippen molar-refractivity contribution in [3.8, 4) is 5.75 Å². The number of aromatic hydroxyl groups is 1. The lowest BCUT2D eigenvalue weighted by atomic mass is 9.98. The molecule has 53 heavy (non-hydrogen) atoms. The molecule has 0 unspecified atom stereocenters. The highest BCUT2D eigenvalue weighted by molar-refractivity contribution is 7.90. The van der Waals surface area contributed by atoms with Gasteiger partial charge in [0.25, 0.3) is 10.0 Å². The van der Waals surface area contributed by atoms with Crippen LogP contribution in [0.25, 0.3) is 10.9 Å². The molecule has 1 aromatic heterocycles. The van der Waals surface area contributed by atoms with Crippen molar-refractivity contribution in [3.63, 3.8) is 0 Å². The number of piperazine rings is 1. The Balaban J connectivity index is 1.28. The number of hydrogen-bond donors (Lipinski definition) is 2. The minimum absolute atomic E-state index is 0.00907. The minimum Gasteiger partial charge on any atom is -0.508 e. The molecule has 2 atom stereocenters. The summed E-state index contributed by atoms with van der Waals surface area (Å²) in [5.74, 6) is -0.600. The van der Waals surface area contributed by atoms with E-state index in [1.807, 2.05) is 49.4 Å². The van der Waals surface area contributed by atoms with Crippen LogP contribution < -0.4 is 5.32 Å². The Bertz CT molecular complexity index is 2270. The van der Waals surface area contributed by atoms with E-state index in [0.29, 0.717) is 22.0 Å². The number of benzene rings is 4. The first-order valence-electron chi connectivity index (χ1n) is 17.3. The molecule has 272 valence electrons. The zero-order chi connectivity index (χ0) is 37.3. The van der Waals surface area contributed by atoms with E-state index in [0.717, 1.165) is 11.1 Å². The quantitative estimate of drug-likeness (QED) is 0.200. The van der Waals surface area contributed by atoms with E-state index < -0.39 is 28.3 Å². The Morgan fingerprint density at radius 1 is 0.925 bits per heavy atom. The van der Waals surface area contributed by atoms with Gasteiger partial charge in [-0.25, -0.2) is 27.2 Å². The third-order valence-corrected chi connectivity index (χ3v) is 11.4. The Hall–Kier alpha value is -5.92. The standard InChI is InChI=1S/C40H40N6O6S/c1-3-21-43-27-37(48)45-35(23-29-14-16-33(47)17-15-29)39(49)42(26-36(45)46(43)40(50)41-24-30-8-5-4-6-9-30)25-32-11-7-10-31-20-22-44(38(31)32)53(51,52)34-18-12-28(2)13-19-34/h3-20,22,35-36,47H,1,21,23-27H2,2H3,(H,41,50)/t35-,36-/m0/s1. The van der Waals surface area contributed by atoms with Gasteiger partial charge in [0.2, 0.25) is 11.8 Å². The van der Waals surface area contributed by atoms with Gasteiger partial charge >= 0.3 is 6.03 Å². The van der Waals surface area contributed by atoms with Crippen molar-refractivity contribution in [2.75, 3.05) is 19.6 Å². The van der Waals surface area contributed by atoms with Gasteiger partial charge in [-0.2, -0.15) is 0 Å². The van der Waals surface area contributed by atoms with Crippen LogP contribution in [0.5, 0.6) is 5.75 Å². The highest BCUT2D eigenvalue weighted by Gasteiger charge is 2.51. The molecule has 0 saturated carbocycles. The Kier molecular flexibility index (Phi) is 9.78. The molecule has 4 amide bonds. The Morgan fingerprint density at radius 2 is 1.66 bits per heavy atom. The molecule has 2 aliphatic rings. The lowest BCUT2D eigenvalue weighted by Crippen LogP contribution is -2.76. The third-order valence-electron chi connectivity index (χ3n) is 9.73. The molecule has 2 fully saturated rings. The molecule has 4 aromatic carbocycles. The molecule has 0 spiro atoms. The van der Waals surface area contributed by atoms with E-state index in [2.05, 4.69) is 11.9 Å². The number of carbonyl (C=O) groups excluding carboxylic acids is 3. The van der Waals surface area contributed by atoms with Gasteiger partial charge in [-0.1, -0.05) is 84.4 Å². The van der Waals surface area contributed by atoms with Gasteiger partial charge in [0.15, 0.2) is 0 Å². The highest BCUT2D eigenvalue weighted by atomic mass is 32.2. The van der Waals surface area contributed by atoms with Gasteiger partial charge in [0.05, 0.1) is 23.5 Å². The van der Waals surface area contributed by atoms with E-state index in [1.54, 1.807) is 64.5 Å². The number of phenolic OH excluding ortho intramolecular Hbond substituents is 1. The van der Waals surface area contributed by atoms with Crippen LogP contribution in [0.3, 0.4) is 0 Å². The van der Waals surface area contributed by atoms with Crippen LogP contribution in [-0.4, -0.2) is 87.0 Å². The second kappa shape index (κ2) is 14.6. The van der Waals surface area contributed by atoms with Gasteiger partial charge in [-0.15, -0.1) is 6.58 Å². The third kappa shape index (κ3) is 7.00. The summed E-state index contributed by atoms with van der Waals surface area (Å²) in [6.07, 6.45) is 2.36. The average molecular weight is 733 g/mol. The molecule has 12 nitrogen and oxygen atoms in total. The number of carbonyl (C=O) groups is 3. The highest BCUT2D eigenvalue weighted by Crippen LogP contribution is 2.32. The monoisotopic (exact) mass is 732 g/mol. The lowest BCUT2D eigenvalue weighted by Gasteiger charge is -2.55. The van der Waals surface area contributed by atoms with Crippen LogP contribution in [0.2, 0.25) is 0 Å². The maximum absolute atomic E-state index is 14.6. The molecule has 2 N–H and O–H groups in total. The minimum atomic E-state index is -4.00. The molecular weight excluding hydrogens is 693 g/mol. The summed E-state index contributed by atoms with van der Waals surface area (Å²) in [4.78, 5) is 45.9. The molecule has 0 radical (unpaired) electrons. The smallest absolute Gasteiger partial charge is 0.334 e. The van der Waals surface area contributed by atoms with Gasteiger partial charge in [0, 0.05) is 37.6 Å². The number of phenols is 1. The topological polar surface area (TPSA) is 136 Å². The number of aryl methyl sites for hydroxylation is 1. The fourth-order valence-electron chi connectivity index (χ4n) is 7.15. The average Bonchev–Trinajstić information content (AvgIpc) is 3.60. The van der Waals surface area contributed by atoms with Crippen LogP contribution in [0, 0.1) is 6.92 Å². The van der Waals surface area contributed by atoms with E-state index >= 15 is 0 Å². The number of hydrogen-bond acceptors (Lipinski definition) is 7. The molecule has 2 aliphatic heterocycles. The molecular formula is C40H40N6O6S. The maximum atomic E-state index is 14.6. The van der Waals surface area contributed by atoms with Crippen molar-refractivity contribution < 1.29 is 27.9 Å². The summed E-state index contributed by atoms with van der Waals surface area (Å²) >= 11 is 0. The number of rotatable bonds is 10. The first-order chi connectivity index (χ1) is 25.5. The molecule has 3 heterocycles. The van der Waals surface area contributed by atoms with Gasteiger partial charge in [0.1, 0.15) is 18.0 Å². The van der Waals surface area contributed by atoms with E-state index in [4.69, 9.17) is 0 Å². The van der Waals surface area contributed by atoms with Crippen LogP contribution >= 0.6 is 0 Å². The van der Waals surface area contributed by atoms with Crippen LogP contribution in [0.1, 0.15) is 22.3 Å². The summed E-state index contributed by atoms with van der Waals surface area (Å²) in [5.41, 5.74) is 3.55. The van der Waals surface area contributed by atoms with Crippen molar-refractivity contribution in [3.05, 3.63) is 144 Å². The molecule has 2 saturated heterocycles. The largest absolute Gasteiger partial charge is 0.508 e. The van der Waals surface area contributed by atoms with E-state index in [-0.39, 0.29) is 61.6 Å². The summed E-state index contributed by atoms with van der Waals surface area (Å²) in [5, 5.41) is 16.7. The van der Waals surface area contributed by atoms with E-state index in [1.165, 1.54) is 32.2 Å². The van der Waals surface area contributed by atoms with Gasteiger partial charge in [-0.05, 0) is 53.9 Å². The molecule has 0 aliphatic carbocycles. The Morgan fingerprint density at radius 3 is 2.38 bits per heavy atom. The number of hydrazine groups is 1. The fourth-order valence-corrected chi connectivity index (χ4v) is 8.54. The fraction of sp³-hybridized carbons (Fsp3) is 0.225. The normalized spacial score (nSPS) is 17.9. The van der Waals surface area contributed by atoms with Crippen molar-refractivity contribution >= 4 is 38.8 Å². The molecule has 7 rings (SSSR count). The van der Waals surface area contributed by atoms with Gasteiger partial charge < -0.3 is 20.2 Å².